The molecule has 0 unspecified atom stereocenters. The van der Waals surface area contributed by atoms with Crippen LogP contribution in [-0.2, 0) is 19.8 Å². The summed E-state index contributed by atoms with van der Waals surface area (Å²) >= 11 is 9.75. The zero-order chi connectivity index (χ0) is 23.3. The van der Waals surface area contributed by atoms with Crippen molar-refractivity contribution in [2.24, 2.45) is 4.99 Å². The molecule has 0 radical (unpaired) electrons. The zero-order valence-electron chi connectivity index (χ0n) is 16.7. The van der Waals surface area contributed by atoms with E-state index in [0.717, 1.165) is 5.69 Å². The standard InChI is InChI=1S/C17H24N6O5S3/c1-18-31(27,28)21-10-15(24)23-14(16(25)26)4-2-3-9-19-17(30)22-13-7-5-12(6-8-13)20-11-29/h5-8,14,18,21H,2-4,9-10H2,1H3,(H,23,24)(H,25,26)(H2,19,22,30)/t14-/m0/s1. The van der Waals surface area contributed by atoms with E-state index in [1.807, 2.05) is 9.44 Å². The number of hydrogen-bond acceptors (Lipinski definition) is 7. The van der Waals surface area contributed by atoms with Gasteiger partial charge in [0.15, 0.2) is 5.11 Å². The number of carboxylic acid groups (broad SMARTS) is 1. The van der Waals surface area contributed by atoms with Gasteiger partial charge in [-0.2, -0.15) is 18.1 Å². The molecule has 0 spiro atoms. The number of nitrogens with one attached hydrogen (secondary N) is 5. The molecule has 0 bridgehead atoms. The Balaban J connectivity index is 2.31. The SMILES string of the molecule is CNS(=O)(=O)NCC(=O)N[C@@H](CCCCNC(=S)Nc1ccc(N=C=S)cc1)C(=O)O. The third-order valence-corrected chi connectivity index (χ3v) is 5.23. The molecular weight excluding hydrogens is 464 g/mol. The van der Waals surface area contributed by atoms with Gasteiger partial charge in [-0.1, -0.05) is 0 Å². The quantitative estimate of drug-likeness (QED) is 0.132. The second-order valence-corrected chi connectivity index (χ2v) is 8.41. The molecule has 1 aromatic carbocycles. The van der Waals surface area contributed by atoms with Crippen molar-refractivity contribution in [2.45, 2.75) is 25.3 Å². The van der Waals surface area contributed by atoms with E-state index in [4.69, 9.17) is 12.2 Å². The van der Waals surface area contributed by atoms with Gasteiger partial charge < -0.3 is 21.1 Å². The summed E-state index contributed by atoms with van der Waals surface area (Å²) in [7, 11) is -2.59. The van der Waals surface area contributed by atoms with Crippen LogP contribution in [0.15, 0.2) is 29.3 Å². The van der Waals surface area contributed by atoms with Gasteiger partial charge in [0.1, 0.15) is 6.04 Å². The van der Waals surface area contributed by atoms with Crippen LogP contribution in [0.3, 0.4) is 0 Å². The van der Waals surface area contributed by atoms with Gasteiger partial charge in [-0.3, -0.25) is 4.79 Å². The third kappa shape index (κ3) is 11.5. The molecule has 6 N–H and O–H groups in total. The van der Waals surface area contributed by atoms with Gasteiger partial charge in [-0.15, -0.1) is 0 Å². The summed E-state index contributed by atoms with van der Waals surface area (Å²) in [6.07, 6.45) is 1.29. The number of anilines is 1. The zero-order valence-corrected chi connectivity index (χ0v) is 19.1. The summed E-state index contributed by atoms with van der Waals surface area (Å²) in [5, 5.41) is 20.2. The minimum Gasteiger partial charge on any atom is -0.480 e. The number of benzene rings is 1. The Morgan fingerprint density at radius 3 is 2.48 bits per heavy atom. The van der Waals surface area contributed by atoms with Crippen molar-refractivity contribution >= 4 is 68.2 Å². The molecule has 0 heterocycles. The Morgan fingerprint density at radius 2 is 1.90 bits per heavy atom. The van der Waals surface area contributed by atoms with Crippen LogP contribution in [0.25, 0.3) is 0 Å². The van der Waals surface area contributed by atoms with Crippen molar-refractivity contribution in [1.29, 1.82) is 0 Å². The van der Waals surface area contributed by atoms with E-state index < -0.39 is 34.7 Å². The number of isothiocyanates is 1. The Hall–Kier alpha value is -2.48. The van der Waals surface area contributed by atoms with Crippen LogP contribution >= 0.6 is 24.4 Å². The van der Waals surface area contributed by atoms with Crippen molar-refractivity contribution < 1.29 is 23.1 Å². The van der Waals surface area contributed by atoms with Crippen LogP contribution in [0.1, 0.15) is 19.3 Å². The first-order valence-electron chi connectivity index (χ1n) is 9.10. The highest BCUT2D eigenvalue weighted by Crippen LogP contribution is 2.15. The molecule has 0 saturated heterocycles. The lowest BCUT2D eigenvalue weighted by atomic mass is 10.1. The molecule has 0 aliphatic heterocycles. The number of unbranched alkanes of at least 4 members (excludes halogenated alkanes) is 1. The molecule has 1 atom stereocenters. The molecule has 0 aromatic heterocycles. The highest BCUT2D eigenvalue weighted by Gasteiger charge is 2.20. The van der Waals surface area contributed by atoms with E-state index in [9.17, 15) is 23.1 Å². The molecule has 0 aliphatic carbocycles. The van der Waals surface area contributed by atoms with E-state index in [-0.39, 0.29) is 6.42 Å². The minimum absolute atomic E-state index is 0.184. The fourth-order valence-corrected chi connectivity index (χ4v) is 3.05. The maximum absolute atomic E-state index is 11.7. The predicted octanol–water partition coefficient (Wildman–Crippen LogP) is 0.501. The van der Waals surface area contributed by atoms with Crippen molar-refractivity contribution in [1.82, 2.24) is 20.1 Å². The van der Waals surface area contributed by atoms with Crippen molar-refractivity contribution in [3.05, 3.63) is 24.3 Å². The molecule has 0 saturated carbocycles. The van der Waals surface area contributed by atoms with Gasteiger partial charge in [-0.05, 0) is 68.0 Å². The maximum atomic E-state index is 11.7. The molecule has 0 aliphatic rings. The number of carbonyl (C=O) groups excluding carboxylic acids is 1. The normalized spacial score (nSPS) is 11.6. The van der Waals surface area contributed by atoms with Crippen LogP contribution in [0.5, 0.6) is 0 Å². The number of aliphatic carboxylic acids is 1. The summed E-state index contributed by atoms with van der Waals surface area (Å²) in [6.45, 7) is -0.0608. The molecule has 1 aromatic rings. The highest BCUT2D eigenvalue weighted by molar-refractivity contribution is 7.87. The van der Waals surface area contributed by atoms with E-state index in [2.05, 4.69) is 38.3 Å². The smallest absolute Gasteiger partial charge is 0.326 e. The number of aliphatic imine (C=N–C) groups is 1. The van der Waals surface area contributed by atoms with Gasteiger partial charge in [0.2, 0.25) is 5.91 Å². The van der Waals surface area contributed by atoms with Gasteiger partial charge in [0.25, 0.3) is 10.2 Å². The summed E-state index contributed by atoms with van der Waals surface area (Å²) in [6, 6.07) is 5.97. The van der Waals surface area contributed by atoms with E-state index in [1.54, 1.807) is 24.3 Å². The van der Waals surface area contributed by atoms with Crippen LogP contribution in [0, 0.1) is 0 Å². The third-order valence-electron chi connectivity index (χ3n) is 3.83. The van der Waals surface area contributed by atoms with Crippen molar-refractivity contribution in [3.8, 4) is 0 Å². The molecule has 14 heteroatoms. The summed E-state index contributed by atoms with van der Waals surface area (Å²) < 4.78 is 26.4. The fraction of sp³-hybridized carbons (Fsp3) is 0.412. The number of amides is 1. The number of carboxylic acids is 1. The largest absolute Gasteiger partial charge is 0.480 e. The Kier molecular flexibility index (Phi) is 11.8. The van der Waals surface area contributed by atoms with Crippen molar-refractivity contribution in [3.63, 3.8) is 0 Å². The van der Waals surface area contributed by atoms with Crippen molar-refractivity contribution in [2.75, 3.05) is 25.5 Å². The number of thiocarbonyl (C=S) groups is 2. The molecule has 0 fully saturated rings. The van der Waals surface area contributed by atoms with Gasteiger partial charge >= 0.3 is 5.97 Å². The lowest BCUT2D eigenvalue weighted by molar-refractivity contribution is -0.141. The van der Waals surface area contributed by atoms with Crippen LogP contribution in [0.4, 0.5) is 11.4 Å². The lowest BCUT2D eigenvalue weighted by Crippen LogP contribution is -2.47. The van der Waals surface area contributed by atoms with E-state index in [1.165, 1.54) is 7.05 Å². The van der Waals surface area contributed by atoms with E-state index >= 15 is 0 Å². The second-order valence-electron chi connectivity index (χ2n) is 6.11. The minimum atomic E-state index is -3.78. The number of carbonyl (C=O) groups is 2. The Morgan fingerprint density at radius 1 is 1.23 bits per heavy atom. The first-order valence-corrected chi connectivity index (χ1v) is 11.4. The molecule has 31 heavy (non-hydrogen) atoms. The Bertz CT molecular complexity index is 917. The number of nitrogens with zero attached hydrogens (tertiary/aromatic N) is 1. The first-order chi connectivity index (χ1) is 14.7. The molecule has 1 amide bonds. The van der Waals surface area contributed by atoms with Gasteiger partial charge in [-0.25, -0.2) is 9.52 Å². The average molecular weight is 489 g/mol. The summed E-state index contributed by atoms with van der Waals surface area (Å²) in [5.41, 5.74) is 1.45. The first kappa shape index (κ1) is 26.6. The second kappa shape index (κ2) is 13.7. The highest BCUT2D eigenvalue weighted by atomic mass is 32.2. The number of hydrogen-bond donors (Lipinski definition) is 6. The predicted molar refractivity (Wildman–Crippen MR) is 125 cm³/mol. The summed E-state index contributed by atoms with van der Waals surface area (Å²) in [5.74, 6) is -1.94. The van der Waals surface area contributed by atoms with Gasteiger partial charge in [0.05, 0.1) is 17.4 Å². The van der Waals surface area contributed by atoms with Crippen LogP contribution in [0.2, 0.25) is 0 Å². The maximum Gasteiger partial charge on any atom is 0.326 e. The summed E-state index contributed by atoms with van der Waals surface area (Å²) in [4.78, 5) is 26.9. The monoisotopic (exact) mass is 488 g/mol. The molecule has 170 valence electrons. The molecule has 1 rings (SSSR count). The number of rotatable bonds is 13. The average Bonchev–Trinajstić information content (AvgIpc) is 2.72. The lowest BCUT2D eigenvalue weighted by Gasteiger charge is -2.15. The van der Waals surface area contributed by atoms with Crippen LogP contribution in [-0.4, -0.2) is 61.9 Å². The Labute approximate surface area is 191 Å². The van der Waals surface area contributed by atoms with Crippen LogP contribution < -0.4 is 25.4 Å². The van der Waals surface area contributed by atoms with E-state index in [0.29, 0.717) is 30.2 Å². The fourth-order valence-electron chi connectivity index (χ4n) is 2.26. The van der Waals surface area contributed by atoms with Gasteiger partial charge in [0, 0.05) is 19.3 Å². The molecule has 11 nitrogen and oxygen atoms in total. The topological polar surface area (TPSA) is 161 Å². The molecular formula is C17H24N6O5S3.